The molecule has 0 aromatic heterocycles. The highest BCUT2D eigenvalue weighted by molar-refractivity contribution is 4.90. The lowest BCUT2D eigenvalue weighted by Gasteiger charge is -2.35. The number of piperidine rings is 1. The van der Waals surface area contributed by atoms with Crippen LogP contribution in [0, 0.1) is 12.3 Å². The lowest BCUT2D eigenvalue weighted by Crippen LogP contribution is -2.44. The van der Waals surface area contributed by atoms with E-state index in [-0.39, 0.29) is 0 Å². The van der Waals surface area contributed by atoms with Crippen molar-refractivity contribution in [2.75, 3.05) is 20.1 Å². The largest absolute Gasteiger partial charge is 0.317 e. The molecule has 2 nitrogen and oxygen atoms in total. The first-order valence-corrected chi connectivity index (χ1v) is 5.12. The van der Waals surface area contributed by atoms with Gasteiger partial charge in [-0.1, -0.05) is 0 Å². The van der Waals surface area contributed by atoms with Gasteiger partial charge in [0.25, 0.3) is 0 Å². The number of hydrogen-bond donors (Lipinski definition) is 1. The SMILES string of the molecule is C#CCC(C)N1CCC(NC)CC1. The first-order valence-electron chi connectivity index (χ1n) is 5.12. The van der Waals surface area contributed by atoms with Crippen molar-refractivity contribution in [3.63, 3.8) is 0 Å². The van der Waals surface area contributed by atoms with Crippen LogP contribution in [0.25, 0.3) is 0 Å². The zero-order valence-corrected chi connectivity index (χ0v) is 8.71. The van der Waals surface area contributed by atoms with Crippen LogP contribution in [0.2, 0.25) is 0 Å². The fourth-order valence-electron chi connectivity index (χ4n) is 1.93. The van der Waals surface area contributed by atoms with E-state index in [1.165, 1.54) is 25.9 Å². The number of terminal acetylenes is 1. The second-order valence-electron chi connectivity index (χ2n) is 3.86. The highest BCUT2D eigenvalue weighted by atomic mass is 15.2. The topological polar surface area (TPSA) is 15.3 Å². The summed E-state index contributed by atoms with van der Waals surface area (Å²) in [7, 11) is 2.05. The molecule has 1 rings (SSSR count). The number of rotatable bonds is 3. The second-order valence-corrected chi connectivity index (χ2v) is 3.86. The molecule has 1 saturated heterocycles. The summed E-state index contributed by atoms with van der Waals surface area (Å²) in [6.07, 6.45) is 8.69. The second kappa shape index (κ2) is 5.26. The minimum Gasteiger partial charge on any atom is -0.317 e. The van der Waals surface area contributed by atoms with E-state index in [0.29, 0.717) is 12.1 Å². The standard InChI is InChI=1S/C11H20N2/c1-4-5-10(2)13-8-6-11(12-3)7-9-13/h1,10-12H,5-9H2,2-3H3. The summed E-state index contributed by atoms with van der Waals surface area (Å²) in [4.78, 5) is 2.49. The third kappa shape index (κ3) is 3.02. The summed E-state index contributed by atoms with van der Waals surface area (Å²) in [6, 6.07) is 1.28. The van der Waals surface area contributed by atoms with Crippen molar-refractivity contribution < 1.29 is 0 Å². The van der Waals surface area contributed by atoms with Crippen molar-refractivity contribution in [1.82, 2.24) is 10.2 Å². The number of hydrogen-bond acceptors (Lipinski definition) is 2. The Labute approximate surface area is 81.7 Å². The Morgan fingerprint density at radius 3 is 2.62 bits per heavy atom. The van der Waals surface area contributed by atoms with Crippen molar-refractivity contribution in [3.8, 4) is 12.3 Å². The van der Waals surface area contributed by atoms with Crippen LogP contribution >= 0.6 is 0 Å². The monoisotopic (exact) mass is 180 g/mol. The van der Waals surface area contributed by atoms with Crippen LogP contribution in [0.3, 0.4) is 0 Å². The smallest absolute Gasteiger partial charge is 0.0240 e. The molecule has 0 saturated carbocycles. The minimum absolute atomic E-state index is 0.558. The first kappa shape index (κ1) is 10.6. The summed E-state index contributed by atoms with van der Waals surface area (Å²) in [5, 5.41) is 3.33. The predicted octanol–water partition coefficient (Wildman–Crippen LogP) is 1.08. The van der Waals surface area contributed by atoms with Crippen molar-refractivity contribution in [3.05, 3.63) is 0 Å². The lowest BCUT2D eigenvalue weighted by molar-refractivity contribution is 0.157. The molecular weight excluding hydrogens is 160 g/mol. The highest BCUT2D eigenvalue weighted by Gasteiger charge is 2.20. The zero-order valence-electron chi connectivity index (χ0n) is 8.71. The van der Waals surface area contributed by atoms with E-state index in [0.717, 1.165) is 6.42 Å². The van der Waals surface area contributed by atoms with Crippen molar-refractivity contribution in [2.45, 2.75) is 38.3 Å². The molecule has 74 valence electrons. The quantitative estimate of drug-likeness (QED) is 0.654. The van der Waals surface area contributed by atoms with Crippen molar-refractivity contribution in [1.29, 1.82) is 0 Å². The maximum absolute atomic E-state index is 5.30. The van der Waals surface area contributed by atoms with E-state index in [1.54, 1.807) is 0 Å². The van der Waals surface area contributed by atoms with E-state index in [1.807, 2.05) is 7.05 Å². The molecule has 1 fully saturated rings. The van der Waals surface area contributed by atoms with Crippen LogP contribution in [0.5, 0.6) is 0 Å². The van der Waals surface area contributed by atoms with Crippen LogP contribution in [0.4, 0.5) is 0 Å². The third-order valence-electron chi connectivity index (χ3n) is 2.97. The van der Waals surface area contributed by atoms with Crippen LogP contribution < -0.4 is 5.32 Å². The maximum atomic E-state index is 5.30. The Bertz CT molecular complexity index is 175. The predicted molar refractivity (Wildman–Crippen MR) is 56.6 cm³/mol. The maximum Gasteiger partial charge on any atom is 0.0240 e. The first-order chi connectivity index (χ1) is 6.27. The van der Waals surface area contributed by atoms with Gasteiger partial charge in [0.15, 0.2) is 0 Å². The van der Waals surface area contributed by atoms with Gasteiger partial charge in [-0.2, -0.15) is 0 Å². The fourth-order valence-corrected chi connectivity index (χ4v) is 1.93. The van der Waals surface area contributed by atoms with Crippen molar-refractivity contribution in [2.24, 2.45) is 0 Å². The molecule has 1 unspecified atom stereocenters. The fraction of sp³-hybridized carbons (Fsp3) is 0.818. The Morgan fingerprint density at radius 2 is 2.15 bits per heavy atom. The van der Waals surface area contributed by atoms with E-state index in [4.69, 9.17) is 6.42 Å². The number of nitrogens with zero attached hydrogens (tertiary/aromatic N) is 1. The summed E-state index contributed by atoms with van der Waals surface area (Å²) >= 11 is 0. The summed E-state index contributed by atoms with van der Waals surface area (Å²) in [6.45, 7) is 4.60. The molecule has 1 N–H and O–H groups in total. The average Bonchev–Trinajstić information content (AvgIpc) is 2.18. The van der Waals surface area contributed by atoms with E-state index >= 15 is 0 Å². The summed E-state index contributed by atoms with van der Waals surface area (Å²) in [5.41, 5.74) is 0. The van der Waals surface area contributed by atoms with Gasteiger partial charge in [0, 0.05) is 18.5 Å². The average molecular weight is 180 g/mol. The Morgan fingerprint density at radius 1 is 1.54 bits per heavy atom. The van der Waals surface area contributed by atoms with Gasteiger partial charge in [-0.3, -0.25) is 4.90 Å². The molecule has 1 heterocycles. The molecule has 1 aliphatic rings. The molecule has 2 heteroatoms. The molecule has 1 aliphatic heterocycles. The van der Waals surface area contributed by atoms with Gasteiger partial charge in [-0.05, 0) is 39.9 Å². The van der Waals surface area contributed by atoms with Crippen LogP contribution in [0.15, 0.2) is 0 Å². The lowest BCUT2D eigenvalue weighted by atomic mass is 10.0. The molecule has 0 aromatic carbocycles. The Balaban J connectivity index is 2.28. The van der Waals surface area contributed by atoms with Gasteiger partial charge in [-0.25, -0.2) is 0 Å². The summed E-state index contributed by atoms with van der Waals surface area (Å²) in [5.74, 6) is 2.73. The van der Waals surface area contributed by atoms with Crippen molar-refractivity contribution >= 4 is 0 Å². The number of likely N-dealkylation sites (tertiary alicyclic amines) is 1. The molecule has 0 aliphatic carbocycles. The molecule has 0 bridgehead atoms. The highest BCUT2D eigenvalue weighted by Crippen LogP contribution is 2.13. The molecule has 1 atom stereocenters. The molecule has 0 spiro atoms. The Hall–Kier alpha value is -0.520. The summed E-state index contributed by atoms with van der Waals surface area (Å²) < 4.78 is 0. The van der Waals surface area contributed by atoms with Gasteiger partial charge < -0.3 is 5.32 Å². The van der Waals surface area contributed by atoms with E-state index in [2.05, 4.69) is 23.1 Å². The minimum atomic E-state index is 0.558. The molecule has 0 amide bonds. The van der Waals surface area contributed by atoms with Gasteiger partial charge in [-0.15, -0.1) is 12.3 Å². The third-order valence-corrected chi connectivity index (χ3v) is 2.97. The van der Waals surface area contributed by atoms with Gasteiger partial charge in [0.1, 0.15) is 0 Å². The molecule has 0 aromatic rings. The molecular formula is C11H20N2. The van der Waals surface area contributed by atoms with Gasteiger partial charge in [0.05, 0.1) is 0 Å². The normalized spacial score (nSPS) is 22.5. The zero-order chi connectivity index (χ0) is 9.68. The van der Waals surface area contributed by atoms with Crippen LogP contribution in [0.1, 0.15) is 26.2 Å². The number of nitrogens with one attached hydrogen (secondary N) is 1. The Kier molecular flexibility index (Phi) is 4.27. The molecule has 13 heavy (non-hydrogen) atoms. The molecule has 0 radical (unpaired) electrons. The van der Waals surface area contributed by atoms with Crippen LogP contribution in [-0.2, 0) is 0 Å². The van der Waals surface area contributed by atoms with Gasteiger partial charge in [0.2, 0.25) is 0 Å². The van der Waals surface area contributed by atoms with Gasteiger partial charge >= 0.3 is 0 Å². The van der Waals surface area contributed by atoms with E-state index in [9.17, 15) is 0 Å². The van der Waals surface area contributed by atoms with E-state index < -0.39 is 0 Å². The van der Waals surface area contributed by atoms with Crippen LogP contribution in [-0.4, -0.2) is 37.1 Å².